The van der Waals surface area contributed by atoms with Gasteiger partial charge in [0.1, 0.15) is 0 Å². The summed E-state index contributed by atoms with van der Waals surface area (Å²) in [5.74, 6) is -0.465. The largest absolute Gasteiger partial charge is 0.456 e. The molecule has 94 valence electrons. The van der Waals surface area contributed by atoms with Gasteiger partial charge < -0.3 is 15.4 Å². The van der Waals surface area contributed by atoms with Gasteiger partial charge in [0.05, 0.1) is 0 Å². The molecule has 0 unspecified atom stereocenters. The van der Waals surface area contributed by atoms with E-state index in [1.54, 1.807) is 11.8 Å². The number of nitrogens with zero attached hydrogens (tertiary/aromatic N) is 1. The van der Waals surface area contributed by atoms with Crippen LogP contribution in [0.3, 0.4) is 0 Å². The molecule has 0 aromatic heterocycles. The number of nitrogens with two attached hydrogens (primary N) is 1. The van der Waals surface area contributed by atoms with Gasteiger partial charge in [-0.3, -0.25) is 14.4 Å². The van der Waals surface area contributed by atoms with Crippen LogP contribution in [0.2, 0.25) is 0 Å². The summed E-state index contributed by atoms with van der Waals surface area (Å²) in [6, 6.07) is 0. The SMILES string of the molecule is CCC(=O)OCC(=O)N(CC)CC.NC=O. The van der Waals surface area contributed by atoms with Crippen molar-refractivity contribution in [3.05, 3.63) is 0 Å². The Balaban J connectivity index is 0. The molecule has 6 heteroatoms. The van der Waals surface area contributed by atoms with Crippen LogP contribution in [-0.2, 0) is 19.1 Å². The number of ether oxygens (including phenoxy) is 1. The van der Waals surface area contributed by atoms with Crippen molar-refractivity contribution < 1.29 is 19.1 Å². The highest BCUT2D eigenvalue weighted by atomic mass is 16.5. The first kappa shape index (κ1) is 16.8. The lowest BCUT2D eigenvalue weighted by Gasteiger charge is -2.17. The van der Waals surface area contributed by atoms with Crippen LogP contribution >= 0.6 is 0 Å². The van der Waals surface area contributed by atoms with Gasteiger partial charge in [0.15, 0.2) is 6.61 Å². The molecular formula is C10H20N2O4. The minimum absolute atomic E-state index is 0.131. The Morgan fingerprint density at radius 3 is 2.00 bits per heavy atom. The highest BCUT2D eigenvalue weighted by Gasteiger charge is 2.10. The number of hydrogen-bond acceptors (Lipinski definition) is 4. The summed E-state index contributed by atoms with van der Waals surface area (Å²) < 4.78 is 4.71. The lowest BCUT2D eigenvalue weighted by Crippen LogP contribution is -2.34. The number of hydrogen-bond donors (Lipinski definition) is 1. The predicted octanol–water partition coefficient (Wildman–Crippen LogP) is -0.0905. The molecule has 0 aromatic rings. The smallest absolute Gasteiger partial charge is 0.306 e. The molecule has 2 N–H and O–H groups in total. The van der Waals surface area contributed by atoms with E-state index in [2.05, 4.69) is 5.73 Å². The molecule has 0 aliphatic heterocycles. The molecule has 6 nitrogen and oxygen atoms in total. The Kier molecular flexibility index (Phi) is 12.1. The molecule has 0 bridgehead atoms. The number of primary amides is 1. The molecular weight excluding hydrogens is 212 g/mol. The predicted molar refractivity (Wildman–Crippen MR) is 59.4 cm³/mol. The second kappa shape index (κ2) is 11.5. The lowest BCUT2D eigenvalue weighted by atomic mass is 10.4. The van der Waals surface area contributed by atoms with Gasteiger partial charge in [-0.1, -0.05) is 6.92 Å². The Bertz CT molecular complexity index is 215. The first-order valence-electron chi connectivity index (χ1n) is 5.15. The fraction of sp³-hybridized carbons (Fsp3) is 0.700. The molecule has 0 fully saturated rings. The first-order valence-corrected chi connectivity index (χ1v) is 5.15. The van der Waals surface area contributed by atoms with Crippen molar-refractivity contribution in [2.45, 2.75) is 27.2 Å². The molecule has 0 aliphatic carbocycles. The van der Waals surface area contributed by atoms with Gasteiger partial charge in [0, 0.05) is 19.5 Å². The average molecular weight is 232 g/mol. The molecule has 0 heterocycles. The number of esters is 1. The Morgan fingerprint density at radius 1 is 1.25 bits per heavy atom. The highest BCUT2D eigenvalue weighted by molar-refractivity contribution is 5.80. The van der Waals surface area contributed by atoms with Crippen LogP contribution in [0.4, 0.5) is 0 Å². The highest BCUT2D eigenvalue weighted by Crippen LogP contribution is 1.91. The summed E-state index contributed by atoms with van der Waals surface area (Å²) in [5.41, 5.74) is 4.17. The van der Waals surface area contributed by atoms with Crippen LogP contribution in [-0.4, -0.2) is 42.9 Å². The molecule has 0 aromatic carbocycles. The third kappa shape index (κ3) is 8.98. The van der Waals surface area contributed by atoms with Crippen LogP contribution in [0.1, 0.15) is 27.2 Å². The molecule has 0 saturated carbocycles. The van der Waals surface area contributed by atoms with Crippen molar-refractivity contribution in [2.24, 2.45) is 5.73 Å². The van der Waals surface area contributed by atoms with Crippen LogP contribution in [0, 0.1) is 0 Å². The number of amides is 2. The zero-order valence-corrected chi connectivity index (χ0v) is 10.1. The van der Waals surface area contributed by atoms with Gasteiger partial charge in [-0.15, -0.1) is 0 Å². The van der Waals surface area contributed by atoms with Gasteiger partial charge in [-0.05, 0) is 13.8 Å². The minimum Gasteiger partial charge on any atom is -0.456 e. The zero-order valence-electron chi connectivity index (χ0n) is 10.1. The third-order valence-electron chi connectivity index (χ3n) is 1.76. The van der Waals surface area contributed by atoms with Gasteiger partial charge in [0.2, 0.25) is 6.41 Å². The fourth-order valence-electron chi connectivity index (χ4n) is 0.912. The first-order chi connectivity index (χ1) is 7.56. The maximum Gasteiger partial charge on any atom is 0.306 e. The number of likely N-dealkylation sites (N-methyl/N-ethyl adjacent to an activating group) is 1. The summed E-state index contributed by atoms with van der Waals surface area (Å²) in [5, 5.41) is 0. The summed E-state index contributed by atoms with van der Waals surface area (Å²) in [4.78, 5) is 32.2. The van der Waals surface area contributed by atoms with Gasteiger partial charge >= 0.3 is 5.97 Å². The van der Waals surface area contributed by atoms with Crippen molar-refractivity contribution in [1.29, 1.82) is 0 Å². The monoisotopic (exact) mass is 232 g/mol. The van der Waals surface area contributed by atoms with E-state index in [-0.39, 0.29) is 24.9 Å². The summed E-state index contributed by atoms with van der Waals surface area (Å²) >= 11 is 0. The van der Waals surface area contributed by atoms with Crippen molar-refractivity contribution in [3.8, 4) is 0 Å². The van der Waals surface area contributed by atoms with Gasteiger partial charge in [0.25, 0.3) is 5.91 Å². The summed E-state index contributed by atoms with van der Waals surface area (Å²) in [7, 11) is 0. The molecule has 16 heavy (non-hydrogen) atoms. The van der Waals surface area contributed by atoms with Crippen molar-refractivity contribution in [1.82, 2.24) is 4.90 Å². The zero-order chi connectivity index (χ0) is 13.0. The van der Waals surface area contributed by atoms with E-state index in [4.69, 9.17) is 9.53 Å². The van der Waals surface area contributed by atoms with E-state index in [1.165, 1.54) is 0 Å². The molecule has 0 rings (SSSR count). The van der Waals surface area contributed by atoms with E-state index in [0.717, 1.165) is 0 Å². The molecule has 0 aliphatic rings. The normalized spacial score (nSPS) is 8.44. The number of rotatable bonds is 5. The van der Waals surface area contributed by atoms with E-state index in [1.807, 2.05) is 13.8 Å². The van der Waals surface area contributed by atoms with Gasteiger partial charge in [-0.25, -0.2) is 0 Å². The maximum atomic E-state index is 11.3. The van der Waals surface area contributed by atoms with Crippen LogP contribution in [0.25, 0.3) is 0 Å². The number of carbonyl (C=O) groups excluding carboxylic acids is 3. The van der Waals surface area contributed by atoms with E-state index in [0.29, 0.717) is 19.5 Å². The van der Waals surface area contributed by atoms with E-state index >= 15 is 0 Å². The molecule has 0 atom stereocenters. The summed E-state index contributed by atoms with van der Waals surface area (Å²) in [6.45, 7) is 6.66. The Hall–Kier alpha value is -1.59. The van der Waals surface area contributed by atoms with Crippen LogP contribution in [0.15, 0.2) is 0 Å². The average Bonchev–Trinajstić information content (AvgIpc) is 2.28. The van der Waals surface area contributed by atoms with Crippen LogP contribution < -0.4 is 5.73 Å². The Morgan fingerprint density at radius 2 is 1.69 bits per heavy atom. The van der Waals surface area contributed by atoms with Gasteiger partial charge in [-0.2, -0.15) is 0 Å². The standard InChI is InChI=1S/C9H17NO3.CH3NO/c1-4-9(12)13-7-8(11)10(5-2)6-3;2-1-3/h4-7H2,1-3H3;1H,(H2,2,3). The van der Waals surface area contributed by atoms with E-state index in [9.17, 15) is 9.59 Å². The van der Waals surface area contributed by atoms with Crippen molar-refractivity contribution in [3.63, 3.8) is 0 Å². The van der Waals surface area contributed by atoms with Crippen molar-refractivity contribution in [2.75, 3.05) is 19.7 Å². The Labute approximate surface area is 95.7 Å². The summed E-state index contributed by atoms with van der Waals surface area (Å²) in [6.07, 6.45) is 0.561. The molecule has 0 radical (unpaired) electrons. The van der Waals surface area contributed by atoms with E-state index < -0.39 is 0 Å². The molecule has 0 spiro atoms. The second-order valence-electron chi connectivity index (χ2n) is 2.72. The third-order valence-corrected chi connectivity index (χ3v) is 1.76. The maximum absolute atomic E-state index is 11.3. The minimum atomic E-state index is -0.333. The van der Waals surface area contributed by atoms with Crippen molar-refractivity contribution >= 4 is 18.3 Å². The lowest BCUT2D eigenvalue weighted by molar-refractivity contribution is -0.151. The van der Waals surface area contributed by atoms with Crippen LogP contribution in [0.5, 0.6) is 0 Å². The molecule has 0 saturated heterocycles. The fourth-order valence-corrected chi connectivity index (χ4v) is 0.912. The quantitative estimate of drug-likeness (QED) is 0.530. The second-order valence-corrected chi connectivity index (χ2v) is 2.72. The number of carbonyl (C=O) groups is 3. The topological polar surface area (TPSA) is 89.7 Å². The molecule has 2 amide bonds.